The second-order valence-corrected chi connectivity index (χ2v) is 6.52. The highest BCUT2D eigenvalue weighted by atomic mass is 16.5. The largest absolute Gasteiger partial charge is 0.462 e. The summed E-state index contributed by atoms with van der Waals surface area (Å²) in [5.74, 6) is -0.658. The molecule has 0 bridgehead atoms. The molecule has 26 heavy (non-hydrogen) atoms. The quantitative estimate of drug-likeness (QED) is 0.514. The Balaban J connectivity index is 1.88. The Morgan fingerprint density at radius 3 is 3.04 bits per heavy atom. The Morgan fingerprint density at radius 1 is 1.58 bits per heavy atom. The Bertz CT molecular complexity index is 887. The molecule has 1 fully saturated rings. The summed E-state index contributed by atoms with van der Waals surface area (Å²) in [5, 5.41) is 9.74. The van der Waals surface area contributed by atoms with Crippen LogP contribution in [0, 0.1) is 5.92 Å². The van der Waals surface area contributed by atoms with E-state index in [1.54, 1.807) is 4.57 Å². The van der Waals surface area contributed by atoms with Crippen LogP contribution in [0.2, 0.25) is 0 Å². The lowest BCUT2D eigenvalue weighted by Gasteiger charge is -2.18. The van der Waals surface area contributed by atoms with Crippen molar-refractivity contribution in [1.82, 2.24) is 19.5 Å². The van der Waals surface area contributed by atoms with Crippen molar-refractivity contribution in [1.29, 1.82) is 0 Å². The summed E-state index contributed by atoms with van der Waals surface area (Å²) in [4.78, 5) is 34.6. The van der Waals surface area contributed by atoms with Gasteiger partial charge in [0.25, 0.3) is 5.56 Å². The third kappa shape index (κ3) is 3.22. The van der Waals surface area contributed by atoms with Crippen LogP contribution in [0.1, 0.15) is 38.6 Å². The summed E-state index contributed by atoms with van der Waals surface area (Å²) >= 11 is 0. The maximum atomic E-state index is 12.0. The van der Waals surface area contributed by atoms with E-state index in [2.05, 4.69) is 21.5 Å². The zero-order valence-corrected chi connectivity index (χ0v) is 14.6. The third-order valence-electron chi connectivity index (χ3n) is 4.81. The highest BCUT2D eigenvalue weighted by molar-refractivity contribution is 5.71. The van der Waals surface area contributed by atoms with Gasteiger partial charge in [0.1, 0.15) is 6.10 Å². The number of aromatic amines is 1. The second kappa shape index (κ2) is 7.28. The Kier molecular flexibility index (Phi) is 5.08. The number of esters is 1. The molecule has 0 aromatic carbocycles. The zero-order chi connectivity index (χ0) is 18.8. The molecule has 0 aliphatic heterocycles. The minimum Gasteiger partial charge on any atom is -0.462 e. The van der Waals surface area contributed by atoms with Gasteiger partial charge in [-0.15, -0.1) is 0 Å². The first-order chi connectivity index (χ1) is 12.5. The smallest absolute Gasteiger partial charge is 0.306 e. The molecule has 1 aliphatic carbocycles. The molecule has 0 saturated heterocycles. The highest BCUT2D eigenvalue weighted by Gasteiger charge is 2.41. The summed E-state index contributed by atoms with van der Waals surface area (Å²) in [6, 6.07) is -0.296. The fraction of sp³-hybridized carbons (Fsp3) is 0.529. The predicted octanol–water partition coefficient (Wildman–Crippen LogP) is 0.913. The number of nitrogens with one attached hydrogen (secondary N) is 1. The lowest BCUT2D eigenvalue weighted by Crippen LogP contribution is -2.25. The molecule has 2 aromatic heterocycles. The lowest BCUT2D eigenvalue weighted by atomic mass is 10.0. The molecular weight excluding hydrogens is 338 g/mol. The minimum atomic E-state index is -0.473. The van der Waals surface area contributed by atoms with Gasteiger partial charge in [-0.25, -0.2) is 4.98 Å². The zero-order valence-electron chi connectivity index (χ0n) is 14.6. The molecule has 9 heteroatoms. The molecule has 0 spiro atoms. The van der Waals surface area contributed by atoms with E-state index in [9.17, 15) is 14.7 Å². The number of carbonyl (C=O) groups is 1. The minimum absolute atomic E-state index is 0.00545. The van der Waals surface area contributed by atoms with Gasteiger partial charge >= 0.3 is 5.97 Å². The monoisotopic (exact) mass is 361 g/mol. The standard InChI is InChI=1S/C17H23N5O4/c1-3-4-5-13(24)26-12-6-11(9(2)10(12)7-23)22-8-19-14-15(22)20-17(18)21-16(14)25/h8,10-12,23H,2-7H2,1H3,(H3,18,20,21,25)/t10-,11-,12-/m0/s1. The third-order valence-corrected chi connectivity index (χ3v) is 4.81. The number of hydrogen-bond acceptors (Lipinski definition) is 7. The molecule has 140 valence electrons. The van der Waals surface area contributed by atoms with Gasteiger partial charge < -0.3 is 20.1 Å². The first-order valence-electron chi connectivity index (χ1n) is 8.67. The van der Waals surface area contributed by atoms with Crippen molar-refractivity contribution in [2.24, 2.45) is 5.92 Å². The number of rotatable bonds is 6. The fourth-order valence-corrected chi connectivity index (χ4v) is 3.40. The maximum absolute atomic E-state index is 12.0. The van der Waals surface area contributed by atoms with Gasteiger partial charge in [0, 0.05) is 18.8 Å². The summed E-state index contributed by atoms with van der Waals surface area (Å²) in [7, 11) is 0. The number of H-pyrrole nitrogens is 1. The normalized spacial score (nSPS) is 22.8. The molecule has 1 saturated carbocycles. The van der Waals surface area contributed by atoms with Crippen molar-refractivity contribution in [2.75, 3.05) is 12.3 Å². The SMILES string of the molecule is C=C1[C@H](CO)[C@@H](OC(=O)CCCC)C[C@@H]1n1cnc2c(=O)[nH]c(N)nc21. The number of nitrogen functional groups attached to an aromatic ring is 1. The van der Waals surface area contributed by atoms with E-state index in [4.69, 9.17) is 10.5 Å². The van der Waals surface area contributed by atoms with E-state index in [-0.39, 0.29) is 36.0 Å². The van der Waals surface area contributed by atoms with Crippen molar-refractivity contribution in [3.8, 4) is 0 Å². The molecule has 0 amide bonds. The molecular formula is C17H23N5O4. The molecule has 4 N–H and O–H groups in total. The summed E-state index contributed by atoms with van der Waals surface area (Å²) in [6.07, 6.45) is 3.47. The molecule has 1 aliphatic rings. The molecule has 2 aromatic rings. The van der Waals surface area contributed by atoms with E-state index in [1.807, 2.05) is 6.92 Å². The number of ether oxygens (including phenoxy) is 1. The second-order valence-electron chi connectivity index (χ2n) is 6.52. The number of fused-ring (bicyclic) bond motifs is 1. The topological polar surface area (TPSA) is 136 Å². The van der Waals surface area contributed by atoms with Crippen LogP contribution in [0.15, 0.2) is 23.3 Å². The number of aliphatic hydroxyl groups excluding tert-OH is 1. The number of nitrogens with zero attached hydrogens (tertiary/aromatic N) is 3. The van der Waals surface area contributed by atoms with Crippen LogP contribution in [0.5, 0.6) is 0 Å². The summed E-state index contributed by atoms with van der Waals surface area (Å²) in [5.41, 5.74) is 6.45. The number of carbonyl (C=O) groups excluding carboxylic acids is 1. The average Bonchev–Trinajstić information content (AvgIpc) is 3.14. The van der Waals surface area contributed by atoms with E-state index in [1.165, 1.54) is 6.33 Å². The van der Waals surface area contributed by atoms with Gasteiger partial charge in [-0.2, -0.15) is 4.98 Å². The van der Waals surface area contributed by atoms with Crippen LogP contribution in [-0.4, -0.2) is 43.3 Å². The Labute approximate surface area is 149 Å². The van der Waals surface area contributed by atoms with Crippen molar-refractivity contribution in [3.05, 3.63) is 28.8 Å². The molecule has 0 unspecified atom stereocenters. The van der Waals surface area contributed by atoms with Crippen molar-refractivity contribution in [3.63, 3.8) is 0 Å². The Hall–Kier alpha value is -2.68. The average molecular weight is 361 g/mol. The van der Waals surface area contributed by atoms with Gasteiger partial charge in [0.2, 0.25) is 5.95 Å². The van der Waals surface area contributed by atoms with Crippen LogP contribution in [-0.2, 0) is 9.53 Å². The molecule has 3 atom stereocenters. The van der Waals surface area contributed by atoms with Crippen LogP contribution in [0.25, 0.3) is 11.2 Å². The van der Waals surface area contributed by atoms with E-state index >= 15 is 0 Å². The van der Waals surface area contributed by atoms with Crippen LogP contribution < -0.4 is 11.3 Å². The van der Waals surface area contributed by atoms with E-state index in [0.717, 1.165) is 12.8 Å². The first-order valence-corrected chi connectivity index (χ1v) is 8.67. The van der Waals surface area contributed by atoms with Crippen molar-refractivity contribution < 1.29 is 14.6 Å². The number of aliphatic hydroxyl groups is 1. The molecule has 2 heterocycles. The number of nitrogens with two attached hydrogens (primary N) is 1. The van der Waals surface area contributed by atoms with Gasteiger partial charge in [-0.3, -0.25) is 14.6 Å². The van der Waals surface area contributed by atoms with E-state index in [0.29, 0.717) is 24.1 Å². The Morgan fingerprint density at radius 2 is 2.35 bits per heavy atom. The summed E-state index contributed by atoms with van der Waals surface area (Å²) in [6.45, 7) is 5.90. The predicted molar refractivity (Wildman–Crippen MR) is 95.3 cm³/mol. The molecule has 0 radical (unpaired) electrons. The number of aromatic nitrogens is 4. The first kappa shape index (κ1) is 18.1. The number of hydrogen-bond donors (Lipinski definition) is 3. The van der Waals surface area contributed by atoms with Crippen LogP contribution in [0.4, 0.5) is 5.95 Å². The van der Waals surface area contributed by atoms with Crippen LogP contribution >= 0.6 is 0 Å². The number of imidazole rings is 1. The van der Waals surface area contributed by atoms with Crippen molar-refractivity contribution in [2.45, 2.75) is 44.8 Å². The van der Waals surface area contributed by atoms with Crippen LogP contribution in [0.3, 0.4) is 0 Å². The van der Waals surface area contributed by atoms with Gasteiger partial charge in [0.15, 0.2) is 11.2 Å². The highest BCUT2D eigenvalue weighted by Crippen LogP contribution is 2.41. The number of anilines is 1. The van der Waals surface area contributed by atoms with Gasteiger partial charge in [-0.05, 0) is 12.0 Å². The van der Waals surface area contributed by atoms with Gasteiger partial charge in [0.05, 0.1) is 19.0 Å². The summed E-state index contributed by atoms with van der Waals surface area (Å²) < 4.78 is 7.27. The maximum Gasteiger partial charge on any atom is 0.306 e. The molecule has 9 nitrogen and oxygen atoms in total. The molecule has 3 rings (SSSR count). The fourth-order valence-electron chi connectivity index (χ4n) is 3.40. The van der Waals surface area contributed by atoms with Crippen molar-refractivity contribution >= 4 is 23.1 Å². The number of unbranched alkanes of at least 4 members (excludes halogenated alkanes) is 1. The van der Waals surface area contributed by atoms with E-state index < -0.39 is 11.7 Å². The lowest BCUT2D eigenvalue weighted by molar-refractivity contribution is -0.151. The van der Waals surface area contributed by atoms with Gasteiger partial charge in [-0.1, -0.05) is 19.9 Å².